The van der Waals surface area contributed by atoms with E-state index in [4.69, 9.17) is 5.73 Å². The van der Waals surface area contributed by atoms with Gasteiger partial charge in [0.1, 0.15) is 0 Å². The first-order chi connectivity index (χ1) is 9.08. The van der Waals surface area contributed by atoms with Crippen molar-refractivity contribution in [1.82, 2.24) is 4.90 Å². The van der Waals surface area contributed by atoms with Gasteiger partial charge in [-0.3, -0.25) is 0 Å². The Hall–Kier alpha value is -1.06. The van der Waals surface area contributed by atoms with Crippen molar-refractivity contribution < 1.29 is 0 Å². The Labute approximate surface area is 117 Å². The van der Waals surface area contributed by atoms with Crippen LogP contribution in [-0.4, -0.2) is 44.2 Å². The van der Waals surface area contributed by atoms with Crippen LogP contribution in [-0.2, 0) is 6.42 Å². The fourth-order valence-electron chi connectivity index (χ4n) is 3.07. The van der Waals surface area contributed by atoms with Crippen molar-refractivity contribution in [2.75, 3.05) is 32.1 Å². The lowest BCUT2D eigenvalue weighted by Crippen LogP contribution is -2.38. The SMILES string of the molecule is CC(N)Cc1ccccc1N1CCCC1CN(C)C. The highest BCUT2D eigenvalue weighted by atomic mass is 15.2. The second-order valence-corrected chi connectivity index (χ2v) is 6.06. The molecule has 0 amide bonds. The molecule has 0 spiro atoms. The molecule has 1 heterocycles. The number of hydrogen-bond donors (Lipinski definition) is 1. The van der Waals surface area contributed by atoms with Crippen LogP contribution in [0.2, 0.25) is 0 Å². The van der Waals surface area contributed by atoms with E-state index in [2.05, 4.69) is 55.1 Å². The van der Waals surface area contributed by atoms with Gasteiger partial charge in [-0.05, 0) is 51.9 Å². The van der Waals surface area contributed by atoms with E-state index in [1.165, 1.54) is 30.6 Å². The highest BCUT2D eigenvalue weighted by molar-refractivity contribution is 5.55. The average molecular weight is 261 g/mol. The van der Waals surface area contributed by atoms with E-state index in [1.807, 2.05) is 0 Å². The number of rotatable bonds is 5. The molecule has 19 heavy (non-hydrogen) atoms. The molecule has 0 aliphatic carbocycles. The Bertz CT molecular complexity index is 401. The minimum Gasteiger partial charge on any atom is -0.367 e. The molecule has 1 saturated heterocycles. The zero-order chi connectivity index (χ0) is 13.8. The minimum atomic E-state index is 0.219. The first-order valence-electron chi connectivity index (χ1n) is 7.33. The average Bonchev–Trinajstić information content (AvgIpc) is 2.76. The number of benzene rings is 1. The fourth-order valence-corrected chi connectivity index (χ4v) is 3.07. The number of para-hydroxylation sites is 1. The van der Waals surface area contributed by atoms with Crippen molar-refractivity contribution in [2.45, 2.75) is 38.3 Å². The van der Waals surface area contributed by atoms with Crippen LogP contribution in [0.5, 0.6) is 0 Å². The lowest BCUT2D eigenvalue weighted by atomic mass is 10.0. The molecule has 0 saturated carbocycles. The first kappa shape index (κ1) is 14.4. The molecule has 0 aromatic heterocycles. The maximum Gasteiger partial charge on any atom is 0.0417 e. The normalized spacial score (nSPS) is 21.1. The molecule has 2 atom stereocenters. The van der Waals surface area contributed by atoms with E-state index < -0.39 is 0 Å². The van der Waals surface area contributed by atoms with Crippen LogP contribution in [0.4, 0.5) is 5.69 Å². The molecule has 1 aromatic carbocycles. The van der Waals surface area contributed by atoms with Crippen molar-refractivity contribution in [2.24, 2.45) is 5.73 Å². The Morgan fingerprint density at radius 3 is 2.79 bits per heavy atom. The number of likely N-dealkylation sites (N-methyl/N-ethyl adjacent to an activating group) is 1. The molecule has 106 valence electrons. The van der Waals surface area contributed by atoms with Gasteiger partial charge in [-0.1, -0.05) is 18.2 Å². The second-order valence-electron chi connectivity index (χ2n) is 6.06. The summed E-state index contributed by atoms with van der Waals surface area (Å²) in [4.78, 5) is 4.87. The number of hydrogen-bond acceptors (Lipinski definition) is 3. The Balaban J connectivity index is 2.20. The maximum absolute atomic E-state index is 5.98. The molecule has 2 N–H and O–H groups in total. The smallest absolute Gasteiger partial charge is 0.0417 e. The largest absolute Gasteiger partial charge is 0.367 e. The second kappa shape index (κ2) is 6.40. The summed E-state index contributed by atoms with van der Waals surface area (Å²) in [5.74, 6) is 0. The van der Waals surface area contributed by atoms with E-state index in [0.29, 0.717) is 6.04 Å². The summed E-state index contributed by atoms with van der Waals surface area (Å²) in [6, 6.07) is 9.61. The number of nitrogens with zero attached hydrogens (tertiary/aromatic N) is 2. The van der Waals surface area contributed by atoms with Gasteiger partial charge >= 0.3 is 0 Å². The van der Waals surface area contributed by atoms with Gasteiger partial charge in [0, 0.05) is 30.9 Å². The summed E-state index contributed by atoms with van der Waals surface area (Å²) in [5, 5.41) is 0. The van der Waals surface area contributed by atoms with Gasteiger partial charge in [-0.25, -0.2) is 0 Å². The number of anilines is 1. The number of nitrogens with two attached hydrogens (primary N) is 1. The predicted molar refractivity (Wildman–Crippen MR) is 82.7 cm³/mol. The molecule has 1 aliphatic heterocycles. The van der Waals surface area contributed by atoms with Gasteiger partial charge in [0.05, 0.1) is 0 Å². The lowest BCUT2D eigenvalue weighted by Gasteiger charge is -2.31. The zero-order valence-electron chi connectivity index (χ0n) is 12.5. The molecule has 3 nitrogen and oxygen atoms in total. The molecule has 1 aromatic rings. The summed E-state index contributed by atoms with van der Waals surface area (Å²) >= 11 is 0. The molecular formula is C16H27N3. The fraction of sp³-hybridized carbons (Fsp3) is 0.625. The molecule has 2 unspecified atom stereocenters. The van der Waals surface area contributed by atoms with Gasteiger partial charge < -0.3 is 15.5 Å². The van der Waals surface area contributed by atoms with E-state index in [0.717, 1.165) is 13.0 Å². The van der Waals surface area contributed by atoms with Crippen LogP contribution in [0.25, 0.3) is 0 Å². The summed E-state index contributed by atoms with van der Waals surface area (Å²) in [6.45, 7) is 4.39. The highest BCUT2D eigenvalue weighted by Gasteiger charge is 2.26. The third-order valence-corrected chi connectivity index (χ3v) is 3.80. The summed E-state index contributed by atoms with van der Waals surface area (Å²) in [6.07, 6.45) is 3.55. The van der Waals surface area contributed by atoms with Gasteiger partial charge in [0.25, 0.3) is 0 Å². The molecular weight excluding hydrogens is 234 g/mol. The van der Waals surface area contributed by atoms with Crippen molar-refractivity contribution >= 4 is 5.69 Å². The predicted octanol–water partition coefficient (Wildman–Crippen LogP) is 2.11. The third kappa shape index (κ3) is 3.71. The minimum absolute atomic E-state index is 0.219. The maximum atomic E-state index is 5.98. The van der Waals surface area contributed by atoms with E-state index >= 15 is 0 Å². The zero-order valence-corrected chi connectivity index (χ0v) is 12.5. The topological polar surface area (TPSA) is 32.5 Å². The third-order valence-electron chi connectivity index (χ3n) is 3.80. The van der Waals surface area contributed by atoms with Gasteiger partial charge in [-0.15, -0.1) is 0 Å². The quantitative estimate of drug-likeness (QED) is 0.881. The standard InChI is InChI=1S/C16H27N3/c1-13(17)11-14-7-4-5-9-16(14)19-10-6-8-15(19)12-18(2)3/h4-5,7,9,13,15H,6,8,10-12,17H2,1-3H3. The monoisotopic (exact) mass is 261 g/mol. The van der Waals surface area contributed by atoms with Crippen molar-refractivity contribution in [3.8, 4) is 0 Å². The van der Waals surface area contributed by atoms with Gasteiger partial charge in [-0.2, -0.15) is 0 Å². The van der Waals surface area contributed by atoms with Gasteiger partial charge in [0.2, 0.25) is 0 Å². The van der Waals surface area contributed by atoms with Crippen molar-refractivity contribution in [1.29, 1.82) is 0 Å². The van der Waals surface area contributed by atoms with E-state index in [9.17, 15) is 0 Å². The Morgan fingerprint density at radius 1 is 1.37 bits per heavy atom. The Kier molecular flexibility index (Phi) is 4.83. The van der Waals surface area contributed by atoms with Crippen LogP contribution < -0.4 is 10.6 Å². The Morgan fingerprint density at radius 2 is 2.11 bits per heavy atom. The van der Waals surface area contributed by atoms with Crippen LogP contribution in [0.1, 0.15) is 25.3 Å². The molecule has 2 rings (SSSR count). The summed E-state index contributed by atoms with van der Waals surface area (Å²) in [7, 11) is 4.31. The van der Waals surface area contributed by atoms with Crippen molar-refractivity contribution in [3.63, 3.8) is 0 Å². The highest BCUT2D eigenvalue weighted by Crippen LogP contribution is 2.29. The molecule has 0 bridgehead atoms. The van der Waals surface area contributed by atoms with Crippen molar-refractivity contribution in [3.05, 3.63) is 29.8 Å². The van der Waals surface area contributed by atoms with Crippen LogP contribution in [0.3, 0.4) is 0 Å². The van der Waals surface area contributed by atoms with Crippen LogP contribution in [0, 0.1) is 0 Å². The molecule has 1 fully saturated rings. The van der Waals surface area contributed by atoms with Gasteiger partial charge in [0.15, 0.2) is 0 Å². The molecule has 3 heteroatoms. The summed E-state index contributed by atoms with van der Waals surface area (Å²) < 4.78 is 0. The van der Waals surface area contributed by atoms with Crippen LogP contribution in [0.15, 0.2) is 24.3 Å². The molecule has 1 aliphatic rings. The first-order valence-corrected chi connectivity index (χ1v) is 7.33. The lowest BCUT2D eigenvalue weighted by molar-refractivity contribution is 0.372. The van der Waals surface area contributed by atoms with E-state index in [1.54, 1.807) is 0 Å². The van der Waals surface area contributed by atoms with E-state index in [-0.39, 0.29) is 6.04 Å². The molecule has 0 radical (unpaired) electrons. The van der Waals surface area contributed by atoms with Crippen LogP contribution >= 0.6 is 0 Å². The summed E-state index contributed by atoms with van der Waals surface area (Å²) in [5.41, 5.74) is 8.77.